The number of Topliss-reactive ketones (excluding diaryl/α,β-unsaturated/α-hetero) is 1. The first-order valence-corrected chi connectivity index (χ1v) is 18.7. The van der Waals surface area contributed by atoms with Gasteiger partial charge in [0.1, 0.15) is 5.82 Å². The van der Waals surface area contributed by atoms with Crippen molar-refractivity contribution in [2.24, 2.45) is 11.8 Å². The van der Waals surface area contributed by atoms with Crippen LogP contribution in [0.2, 0.25) is 0 Å². The summed E-state index contributed by atoms with van der Waals surface area (Å²) in [5, 5.41) is 9.33. The van der Waals surface area contributed by atoms with Gasteiger partial charge in [0.15, 0.2) is 11.6 Å². The fourth-order valence-electron chi connectivity index (χ4n) is 6.84. The first-order valence-electron chi connectivity index (χ1n) is 17.9. The highest BCUT2D eigenvalue weighted by molar-refractivity contribution is 7.14. The molecule has 1 saturated carbocycles. The minimum absolute atomic E-state index is 0.0354. The molecule has 7 rings (SSSR count). The number of halogens is 1. The molecule has 2 aromatic heterocycles. The van der Waals surface area contributed by atoms with Crippen molar-refractivity contribution in [1.29, 1.82) is 0 Å². The first kappa shape index (κ1) is 35.4. The maximum atomic E-state index is 15.3. The second-order valence-electron chi connectivity index (χ2n) is 15.2. The number of carbonyl (C=O) groups is 3. The zero-order valence-electron chi connectivity index (χ0n) is 29.6. The Bertz CT molecular complexity index is 2090. The third-order valence-electron chi connectivity index (χ3n) is 10.4. The number of ketones is 1. The predicted octanol–water partition coefficient (Wildman–Crippen LogP) is 9.22. The lowest BCUT2D eigenvalue weighted by molar-refractivity contribution is -0.154. The number of likely N-dealkylation sites (tertiary alicyclic amines) is 1. The SMILES string of the molecule is CC(C)(C)c1ccc(C(=O)C[C@@H](Cc2ccc(-c3ncc(-c4ccc(-c5ccc(C6CCC6)cc5)cc4F)cn3)cc2)C(=O)N2CC(C(=O)O)C2)s1. The van der Waals surface area contributed by atoms with Gasteiger partial charge in [-0.15, -0.1) is 11.3 Å². The molecule has 52 heavy (non-hydrogen) atoms. The third-order valence-corrected chi connectivity index (χ3v) is 11.9. The summed E-state index contributed by atoms with van der Waals surface area (Å²) in [5.74, 6) is -1.62. The molecule has 3 heterocycles. The van der Waals surface area contributed by atoms with Crippen molar-refractivity contribution in [3.63, 3.8) is 0 Å². The van der Waals surface area contributed by atoms with E-state index in [0.717, 1.165) is 27.1 Å². The number of carboxylic acid groups (broad SMARTS) is 1. The molecule has 0 bridgehead atoms. The van der Waals surface area contributed by atoms with E-state index in [9.17, 15) is 19.5 Å². The zero-order chi connectivity index (χ0) is 36.6. The van der Waals surface area contributed by atoms with E-state index in [1.54, 1.807) is 29.4 Å². The number of rotatable bonds is 11. The molecule has 9 heteroatoms. The van der Waals surface area contributed by atoms with E-state index in [0.29, 0.717) is 34.2 Å². The quantitative estimate of drug-likeness (QED) is 0.137. The molecule has 1 aliphatic heterocycles. The molecular formula is C43H42FN3O4S. The Labute approximate surface area is 307 Å². The van der Waals surface area contributed by atoms with Gasteiger partial charge in [0.2, 0.25) is 5.91 Å². The highest BCUT2D eigenvalue weighted by Gasteiger charge is 2.39. The van der Waals surface area contributed by atoms with Gasteiger partial charge >= 0.3 is 5.97 Å². The molecule has 5 aromatic rings. The molecule has 1 N–H and O–H groups in total. The summed E-state index contributed by atoms with van der Waals surface area (Å²) in [4.78, 5) is 50.7. The van der Waals surface area contributed by atoms with E-state index in [4.69, 9.17) is 0 Å². The van der Waals surface area contributed by atoms with Crippen molar-refractivity contribution in [2.45, 2.75) is 64.2 Å². The molecule has 0 spiro atoms. The van der Waals surface area contributed by atoms with Crippen molar-refractivity contribution in [3.8, 4) is 33.6 Å². The number of carboxylic acids is 1. The number of hydrogen-bond acceptors (Lipinski definition) is 6. The maximum absolute atomic E-state index is 15.3. The van der Waals surface area contributed by atoms with E-state index in [-0.39, 0.29) is 42.4 Å². The molecule has 0 radical (unpaired) electrons. The Balaban J connectivity index is 1.03. The van der Waals surface area contributed by atoms with Crippen LogP contribution in [0.15, 0.2) is 91.3 Å². The Kier molecular flexibility index (Phi) is 9.90. The summed E-state index contributed by atoms with van der Waals surface area (Å²) in [6, 6.07) is 25.0. The van der Waals surface area contributed by atoms with E-state index in [1.807, 2.05) is 42.5 Å². The van der Waals surface area contributed by atoms with Crippen LogP contribution in [0, 0.1) is 17.7 Å². The standard InChI is InChI=1S/C43H42FN3O4S/c1-43(2,3)39-18-17-38(52-39)37(48)21-32(41(49)47-24-34(25-47)42(50)51)19-26-7-9-30(10-8-26)40-45-22-33(23-46-40)35-16-15-31(20-36(35)44)29-13-11-28(12-14-29)27-5-4-6-27/h7-18,20,22-23,27,32,34H,4-6,19,21,24-25H2,1-3H3,(H,50,51)/t32-/m1/s1. The number of nitrogens with zero attached hydrogens (tertiary/aromatic N) is 3. The van der Waals surface area contributed by atoms with Gasteiger partial charge in [-0.2, -0.15) is 0 Å². The topological polar surface area (TPSA) is 100 Å². The first-order chi connectivity index (χ1) is 24.9. The second kappa shape index (κ2) is 14.5. The molecule has 2 aliphatic rings. The van der Waals surface area contributed by atoms with Crippen molar-refractivity contribution < 1.29 is 23.9 Å². The van der Waals surface area contributed by atoms with Gasteiger partial charge in [-0.25, -0.2) is 14.4 Å². The van der Waals surface area contributed by atoms with Crippen molar-refractivity contribution in [2.75, 3.05) is 13.1 Å². The van der Waals surface area contributed by atoms with Gasteiger partial charge in [-0.3, -0.25) is 14.4 Å². The summed E-state index contributed by atoms with van der Waals surface area (Å²) >= 11 is 1.46. The van der Waals surface area contributed by atoms with Gasteiger partial charge in [0.25, 0.3) is 0 Å². The molecule has 1 amide bonds. The number of thiophene rings is 1. The molecule has 2 fully saturated rings. The maximum Gasteiger partial charge on any atom is 0.310 e. The lowest BCUT2D eigenvalue weighted by Gasteiger charge is -2.38. The molecule has 0 unspecified atom stereocenters. The predicted molar refractivity (Wildman–Crippen MR) is 202 cm³/mol. The Hall–Kier alpha value is -5.02. The Morgan fingerprint density at radius 3 is 2.10 bits per heavy atom. The van der Waals surface area contributed by atoms with Crippen LogP contribution in [0.1, 0.15) is 78.0 Å². The summed E-state index contributed by atoms with van der Waals surface area (Å²) in [6.45, 7) is 6.60. The number of benzene rings is 3. The summed E-state index contributed by atoms with van der Waals surface area (Å²) in [5.41, 5.74) is 5.70. The lowest BCUT2D eigenvalue weighted by Crippen LogP contribution is -2.55. The van der Waals surface area contributed by atoms with Crippen LogP contribution in [-0.2, 0) is 21.4 Å². The van der Waals surface area contributed by atoms with Crippen molar-refractivity contribution in [3.05, 3.63) is 118 Å². The largest absolute Gasteiger partial charge is 0.481 e. The Morgan fingerprint density at radius 1 is 0.865 bits per heavy atom. The molecule has 1 saturated heterocycles. The van der Waals surface area contributed by atoms with Crippen molar-refractivity contribution >= 4 is 29.0 Å². The molecule has 3 aromatic carbocycles. The molecule has 266 valence electrons. The minimum Gasteiger partial charge on any atom is -0.481 e. The monoisotopic (exact) mass is 715 g/mol. The van der Waals surface area contributed by atoms with Gasteiger partial charge in [0, 0.05) is 59.4 Å². The van der Waals surface area contributed by atoms with Crippen LogP contribution < -0.4 is 0 Å². The van der Waals surface area contributed by atoms with Crippen LogP contribution in [-0.4, -0.2) is 50.7 Å². The van der Waals surface area contributed by atoms with Crippen LogP contribution in [0.3, 0.4) is 0 Å². The fraction of sp³-hybridized carbons (Fsp3) is 0.326. The van der Waals surface area contributed by atoms with E-state index in [1.165, 1.54) is 36.2 Å². The highest BCUT2D eigenvalue weighted by atomic mass is 32.1. The summed E-state index contributed by atoms with van der Waals surface area (Å²) < 4.78 is 15.3. The van der Waals surface area contributed by atoms with Crippen LogP contribution in [0.25, 0.3) is 33.6 Å². The zero-order valence-corrected chi connectivity index (χ0v) is 30.5. The molecule has 7 nitrogen and oxygen atoms in total. The number of aromatic nitrogens is 2. The summed E-state index contributed by atoms with van der Waals surface area (Å²) in [7, 11) is 0. The van der Waals surface area contributed by atoms with Gasteiger partial charge in [0.05, 0.1) is 10.8 Å². The number of carbonyl (C=O) groups excluding carboxylic acids is 2. The van der Waals surface area contributed by atoms with Gasteiger partial charge < -0.3 is 10.0 Å². The van der Waals surface area contributed by atoms with Gasteiger partial charge in [-0.1, -0.05) is 87.9 Å². The summed E-state index contributed by atoms with van der Waals surface area (Å²) in [6.07, 6.45) is 7.38. The van der Waals surface area contributed by atoms with Gasteiger partial charge in [-0.05, 0) is 71.0 Å². The number of aliphatic carboxylic acids is 1. The fourth-order valence-corrected chi connectivity index (χ4v) is 7.86. The van der Waals surface area contributed by atoms with E-state index >= 15 is 4.39 Å². The number of amides is 1. The van der Waals surface area contributed by atoms with Crippen LogP contribution >= 0.6 is 11.3 Å². The average molecular weight is 716 g/mol. The van der Waals surface area contributed by atoms with Crippen LogP contribution in [0.4, 0.5) is 4.39 Å². The van der Waals surface area contributed by atoms with Crippen molar-refractivity contribution in [1.82, 2.24) is 14.9 Å². The third kappa shape index (κ3) is 7.60. The number of hydrogen-bond donors (Lipinski definition) is 1. The van der Waals surface area contributed by atoms with E-state index < -0.39 is 17.8 Å². The normalized spacial score (nSPS) is 15.5. The molecule has 1 aliphatic carbocycles. The average Bonchev–Trinajstić information content (AvgIpc) is 3.59. The smallest absolute Gasteiger partial charge is 0.310 e. The lowest BCUT2D eigenvalue weighted by atomic mass is 9.80. The van der Waals surface area contributed by atoms with Crippen LogP contribution in [0.5, 0.6) is 0 Å². The molecule has 1 atom stereocenters. The molecular weight excluding hydrogens is 674 g/mol. The minimum atomic E-state index is -0.918. The Morgan fingerprint density at radius 2 is 1.52 bits per heavy atom. The second-order valence-corrected chi connectivity index (χ2v) is 16.2. The van der Waals surface area contributed by atoms with E-state index in [2.05, 4.69) is 55.0 Å². The highest BCUT2D eigenvalue weighted by Crippen LogP contribution is 2.37.